The van der Waals surface area contributed by atoms with Crippen molar-refractivity contribution in [2.75, 3.05) is 0 Å². The molecule has 0 radical (unpaired) electrons. The fourth-order valence-electron chi connectivity index (χ4n) is 1.41. The summed E-state index contributed by atoms with van der Waals surface area (Å²) in [6, 6.07) is 11.1. The summed E-state index contributed by atoms with van der Waals surface area (Å²) in [5, 5.41) is 6.65. The number of benzene rings is 1. The molecule has 0 atom stereocenters. The molecule has 0 aliphatic carbocycles. The molecule has 1 aromatic heterocycles. The normalized spacial score (nSPS) is 9.83. The number of amides is 2. The van der Waals surface area contributed by atoms with Gasteiger partial charge in [0.25, 0.3) is 5.91 Å². The molecule has 92 valence electrons. The fourth-order valence-corrected chi connectivity index (χ4v) is 1.41. The number of carbonyl (C=O) groups is 2. The number of nitrogens with zero attached hydrogens (tertiary/aromatic N) is 1. The highest BCUT2D eigenvalue weighted by Gasteiger charge is 2.10. The van der Waals surface area contributed by atoms with Crippen molar-refractivity contribution in [3.05, 3.63) is 42.1 Å². The van der Waals surface area contributed by atoms with Crippen molar-refractivity contribution < 1.29 is 9.59 Å². The lowest BCUT2D eigenvalue weighted by atomic mass is 10.1. The molecule has 18 heavy (non-hydrogen) atoms. The lowest BCUT2D eigenvalue weighted by Gasteiger charge is -2.01. The third kappa shape index (κ3) is 2.73. The number of carbonyl (C=O) groups excluding carboxylic acids is 2. The standard InChI is InChI=1S/C12H12N4O2/c1-8(17)13-16-12(18)11-7-10(14-15-11)9-5-3-2-4-6-9/h2-7H,1H3,(H,13,17)(H,14,15)(H,16,18). The van der Waals surface area contributed by atoms with E-state index < -0.39 is 5.91 Å². The van der Waals surface area contributed by atoms with E-state index in [-0.39, 0.29) is 11.6 Å². The molecule has 0 bridgehead atoms. The second-order valence-electron chi connectivity index (χ2n) is 3.67. The van der Waals surface area contributed by atoms with Gasteiger partial charge in [-0.2, -0.15) is 5.10 Å². The fraction of sp³-hybridized carbons (Fsp3) is 0.0833. The summed E-state index contributed by atoms with van der Waals surface area (Å²) in [7, 11) is 0. The van der Waals surface area contributed by atoms with Crippen LogP contribution in [0.4, 0.5) is 0 Å². The molecular formula is C12H12N4O2. The first-order valence-electron chi connectivity index (χ1n) is 5.34. The van der Waals surface area contributed by atoms with Crippen molar-refractivity contribution >= 4 is 11.8 Å². The highest BCUT2D eigenvalue weighted by Crippen LogP contribution is 2.16. The highest BCUT2D eigenvalue weighted by molar-refractivity contribution is 5.94. The molecule has 2 aromatic rings. The van der Waals surface area contributed by atoms with E-state index in [2.05, 4.69) is 21.0 Å². The quantitative estimate of drug-likeness (QED) is 0.685. The monoisotopic (exact) mass is 244 g/mol. The topological polar surface area (TPSA) is 86.9 Å². The maximum absolute atomic E-state index is 11.6. The van der Waals surface area contributed by atoms with Crippen LogP contribution in [0, 0.1) is 0 Å². The summed E-state index contributed by atoms with van der Waals surface area (Å²) >= 11 is 0. The number of aromatic nitrogens is 2. The molecule has 1 heterocycles. The Labute approximate surface area is 103 Å². The molecule has 0 saturated carbocycles. The second-order valence-corrected chi connectivity index (χ2v) is 3.67. The van der Waals surface area contributed by atoms with Crippen LogP contribution in [0.3, 0.4) is 0 Å². The maximum Gasteiger partial charge on any atom is 0.287 e. The Kier molecular flexibility index (Phi) is 3.38. The smallest absolute Gasteiger partial charge is 0.274 e. The van der Waals surface area contributed by atoms with E-state index in [0.717, 1.165) is 5.56 Å². The number of rotatable bonds is 2. The van der Waals surface area contributed by atoms with E-state index in [9.17, 15) is 9.59 Å². The van der Waals surface area contributed by atoms with E-state index >= 15 is 0 Å². The molecule has 2 rings (SSSR count). The number of hydrogen-bond acceptors (Lipinski definition) is 3. The van der Waals surface area contributed by atoms with Crippen LogP contribution >= 0.6 is 0 Å². The van der Waals surface area contributed by atoms with Gasteiger partial charge in [0, 0.05) is 12.5 Å². The Morgan fingerprint density at radius 3 is 2.56 bits per heavy atom. The third-order valence-corrected chi connectivity index (χ3v) is 2.24. The Morgan fingerprint density at radius 1 is 1.17 bits per heavy atom. The zero-order valence-electron chi connectivity index (χ0n) is 9.73. The van der Waals surface area contributed by atoms with Gasteiger partial charge in [0.05, 0.1) is 5.69 Å². The first-order chi connectivity index (χ1) is 8.66. The lowest BCUT2D eigenvalue weighted by molar-refractivity contribution is -0.119. The largest absolute Gasteiger partial charge is 0.287 e. The Bertz CT molecular complexity index is 562. The van der Waals surface area contributed by atoms with Gasteiger partial charge in [-0.1, -0.05) is 30.3 Å². The third-order valence-electron chi connectivity index (χ3n) is 2.24. The van der Waals surface area contributed by atoms with Crippen molar-refractivity contribution in [2.45, 2.75) is 6.92 Å². The van der Waals surface area contributed by atoms with Crippen LogP contribution in [0.2, 0.25) is 0 Å². The summed E-state index contributed by atoms with van der Waals surface area (Å²) in [5.74, 6) is -0.786. The minimum atomic E-state index is -0.445. The van der Waals surface area contributed by atoms with Gasteiger partial charge in [0.1, 0.15) is 5.69 Å². The number of nitrogens with one attached hydrogen (secondary N) is 3. The van der Waals surface area contributed by atoms with Gasteiger partial charge in [-0.3, -0.25) is 25.5 Å². The van der Waals surface area contributed by atoms with Gasteiger partial charge >= 0.3 is 0 Å². The van der Waals surface area contributed by atoms with Crippen LogP contribution in [-0.4, -0.2) is 22.0 Å². The van der Waals surface area contributed by atoms with Crippen molar-refractivity contribution in [2.24, 2.45) is 0 Å². The molecule has 0 saturated heterocycles. The van der Waals surface area contributed by atoms with Gasteiger partial charge in [-0.15, -0.1) is 0 Å². The average Bonchev–Trinajstić information content (AvgIpc) is 2.86. The van der Waals surface area contributed by atoms with Gasteiger partial charge in [0.2, 0.25) is 5.91 Å². The molecule has 0 fully saturated rings. The predicted octanol–water partition coefficient (Wildman–Crippen LogP) is 0.858. The lowest BCUT2D eigenvalue weighted by Crippen LogP contribution is -2.40. The van der Waals surface area contributed by atoms with Crippen molar-refractivity contribution in [3.8, 4) is 11.3 Å². The van der Waals surface area contributed by atoms with Crippen LogP contribution in [0.5, 0.6) is 0 Å². The van der Waals surface area contributed by atoms with Crippen molar-refractivity contribution in [1.82, 2.24) is 21.0 Å². The summed E-state index contributed by atoms with van der Waals surface area (Å²) < 4.78 is 0. The SMILES string of the molecule is CC(=O)NNC(=O)c1cc(-c2ccccc2)n[nH]1. The minimum Gasteiger partial charge on any atom is -0.274 e. The molecule has 2 amide bonds. The van der Waals surface area contributed by atoms with E-state index in [1.54, 1.807) is 6.07 Å². The van der Waals surface area contributed by atoms with E-state index in [4.69, 9.17) is 0 Å². The molecular weight excluding hydrogens is 232 g/mol. The van der Waals surface area contributed by atoms with Gasteiger partial charge in [-0.05, 0) is 6.07 Å². The summed E-state index contributed by atoms with van der Waals surface area (Å²) in [4.78, 5) is 22.3. The van der Waals surface area contributed by atoms with Crippen LogP contribution < -0.4 is 10.9 Å². The minimum absolute atomic E-state index is 0.280. The van der Waals surface area contributed by atoms with E-state index in [1.807, 2.05) is 30.3 Å². The molecule has 3 N–H and O–H groups in total. The maximum atomic E-state index is 11.6. The average molecular weight is 244 g/mol. The van der Waals surface area contributed by atoms with Gasteiger partial charge < -0.3 is 0 Å². The Balaban J connectivity index is 2.11. The van der Waals surface area contributed by atoms with Crippen LogP contribution in [0.1, 0.15) is 17.4 Å². The molecule has 6 nitrogen and oxygen atoms in total. The van der Waals surface area contributed by atoms with Crippen LogP contribution in [0.25, 0.3) is 11.3 Å². The second kappa shape index (κ2) is 5.13. The number of aromatic amines is 1. The van der Waals surface area contributed by atoms with E-state index in [1.165, 1.54) is 6.92 Å². The first-order valence-corrected chi connectivity index (χ1v) is 5.34. The van der Waals surface area contributed by atoms with Gasteiger partial charge in [0.15, 0.2) is 0 Å². The molecule has 6 heteroatoms. The summed E-state index contributed by atoms with van der Waals surface area (Å²) in [6.07, 6.45) is 0. The predicted molar refractivity (Wildman–Crippen MR) is 65.3 cm³/mol. The summed E-state index contributed by atoms with van der Waals surface area (Å²) in [6.45, 7) is 1.31. The molecule has 0 aliphatic heterocycles. The summed E-state index contributed by atoms with van der Waals surface area (Å²) in [5.41, 5.74) is 6.32. The highest BCUT2D eigenvalue weighted by atomic mass is 16.2. The zero-order chi connectivity index (χ0) is 13.0. The van der Waals surface area contributed by atoms with Crippen molar-refractivity contribution in [3.63, 3.8) is 0 Å². The van der Waals surface area contributed by atoms with Crippen molar-refractivity contribution in [1.29, 1.82) is 0 Å². The van der Waals surface area contributed by atoms with E-state index in [0.29, 0.717) is 5.69 Å². The molecule has 1 aromatic carbocycles. The number of H-pyrrole nitrogens is 1. The zero-order valence-corrected chi connectivity index (χ0v) is 9.73. The first kappa shape index (κ1) is 11.8. The van der Waals surface area contributed by atoms with Crippen LogP contribution in [0.15, 0.2) is 36.4 Å². The molecule has 0 unspecified atom stereocenters. The molecule has 0 spiro atoms. The Morgan fingerprint density at radius 2 is 1.89 bits per heavy atom. The number of hydrazine groups is 1. The number of hydrogen-bond donors (Lipinski definition) is 3. The molecule has 0 aliphatic rings. The Hall–Kier alpha value is -2.63. The van der Waals surface area contributed by atoms with Gasteiger partial charge in [-0.25, -0.2) is 0 Å². The van der Waals surface area contributed by atoms with Crippen LogP contribution in [-0.2, 0) is 4.79 Å².